The van der Waals surface area contributed by atoms with Gasteiger partial charge >= 0.3 is 103 Å². The van der Waals surface area contributed by atoms with Crippen molar-refractivity contribution in [2.24, 2.45) is 0 Å². The normalized spacial score (nSPS) is 8.25. The van der Waals surface area contributed by atoms with Gasteiger partial charge in [-0.05, 0) is 0 Å². The second-order valence-corrected chi connectivity index (χ2v) is 0.669. The van der Waals surface area contributed by atoms with Crippen LogP contribution in [-0.2, 0) is 0 Å². The van der Waals surface area contributed by atoms with Crippen LogP contribution in [-0.4, -0.2) is 116 Å². The van der Waals surface area contributed by atoms with E-state index in [9.17, 15) is 17.6 Å². The average Bonchev–Trinajstić information content (AvgIpc) is 1.36. The molecule has 0 aliphatic heterocycles. The third kappa shape index (κ3) is 11.7. The molecule has 0 saturated heterocycles. The van der Waals surface area contributed by atoms with Gasteiger partial charge in [-0.25, -0.2) is 17.6 Å². The first-order chi connectivity index (χ1) is 2.64. The molecule has 0 nitrogen and oxygen atoms in total. The van der Waals surface area contributed by atoms with Crippen LogP contribution in [0.25, 0.3) is 0 Å². The molecule has 0 amide bonds. The molecule has 0 aromatic heterocycles. The van der Waals surface area contributed by atoms with E-state index in [0.29, 0.717) is 0 Å². The van der Waals surface area contributed by atoms with Gasteiger partial charge in [0.1, 0.15) is 0 Å². The summed E-state index contributed by atoms with van der Waals surface area (Å²) in [6.07, 6.45) is -6.96. The fraction of sp³-hybridized carbons (Fsp3) is 1.00. The third-order valence-electron chi connectivity index (χ3n) is 0.190. The predicted molar refractivity (Wildman–Crippen MR) is 26.3 cm³/mol. The Kier molecular flexibility index (Phi) is 21.5. The van der Waals surface area contributed by atoms with E-state index >= 15 is 0 Å². The summed E-state index contributed by atoms with van der Waals surface area (Å²) in [4.78, 5) is 0. The molecule has 0 unspecified atom stereocenters. The molecule has 0 heterocycles. The molecule has 0 aliphatic carbocycles. The Morgan fingerprint density at radius 2 is 0.750 bits per heavy atom. The van der Waals surface area contributed by atoms with E-state index in [0.717, 1.165) is 0 Å². The van der Waals surface area contributed by atoms with Crippen LogP contribution in [0.2, 0.25) is 0 Å². The molecular weight excluding hydrogens is 178 g/mol. The van der Waals surface area contributed by atoms with Crippen molar-refractivity contribution in [3.8, 4) is 0 Å². The van der Waals surface area contributed by atoms with Gasteiger partial charge in [0.05, 0.1) is 0 Å². The Hall–Kier alpha value is 2.99. The Balaban J connectivity index is -0.000000125. The molecule has 0 aliphatic rings. The van der Waals surface area contributed by atoms with Crippen molar-refractivity contribution in [2.75, 3.05) is 0 Å². The summed E-state index contributed by atoms with van der Waals surface area (Å²) >= 11 is 0. The molecule has 42 valence electrons. The number of hydrogen-bond donors (Lipinski definition) is 0. The monoisotopic (exact) mass is 182 g/mol. The fourth-order valence-corrected chi connectivity index (χ4v) is 0. The molecule has 0 aromatic rings. The molecule has 0 bridgehead atoms. The Bertz CT molecular complexity index is 33.0. The van der Waals surface area contributed by atoms with E-state index in [1.165, 1.54) is 0 Å². The van der Waals surface area contributed by atoms with Crippen LogP contribution >= 0.6 is 0 Å². The SMILES string of the molecule is FC(F)C(F)F.[KH].[KH]. The Labute approximate surface area is 130 Å². The maximum atomic E-state index is 10.4. The summed E-state index contributed by atoms with van der Waals surface area (Å²) in [6.45, 7) is 0. The van der Waals surface area contributed by atoms with Gasteiger partial charge in [-0.2, -0.15) is 0 Å². The summed E-state index contributed by atoms with van der Waals surface area (Å²) in [7, 11) is 0. The number of alkyl halides is 4. The molecule has 0 atom stereocenters. The van der Waals surface area contributed by atoms with Crippen LogP contribution in [0, 0.1) is 0 Å². The van der Waals surface area contributed by atoms with E-state index in [-0.39, 0.29) is 103 Å². The molecule has 0 saturated carbocycles. The molecule has 0 rings (SSSR count). The van der Waals surface area contributed by atoms with Crippen LogP contribution in [0.4, 0.5) is 17.6 Å². The van der Waals surface area contributed by atoms with Crippen molar-refractivity contribution < 1.29 is 17.6 Å². The molecule has 0 aromatic carbocycles. The van der Waals surface area contributed by atoms with E-state index in [4.69, 9.17) is 0 Å². The summed E-state index contributed by atoms with van der Waals surface area (Å²) in [5, 5.41) is 0. The summed E-state index contributed by atoms with van der Waals surface area (Å²) in [6, 6.07) is 0. The summed E-state index contributed by atoms with van der Waals surface area (Å²) < 4.78 is 41.6. The number of hydrogen-bond acceptors (Lipinski definition) is 0. The maximum absolute atomic E-state index is 10.4. The minimum atomic E-state index is -3.48. The van der Waals surface area contributed by atoms with Crippen molar-refractivity contribution in [3.05, 3.63) is 0 Å². The van der Waals surface area contributed by atoms with Crippen molar-refractivity contribution in [3.63, 3.8) is 0 Å². The molecule has 8 heavy (non-hydrogen) atoms. The van der Waals surface area contributed by atoms with E-state index in [1.54, 1.807) is 0 Å². The standard InChI is InChI=1S/C2H2F4.2K.2H/c3-1(4)2(5)6;;;;/h1-2H;;;;. The average molecular weight is 182 g/mol. The zero-order valence-corrected chi connectivity index (χ0v) is 2.67. The number of rotatable bonds is 1. The second-order valence-electron chi connectivity index (χ2n) is 0.669. The quantitative estimate of drug-likeness (QED) is 0.402. The van der Waals surface area contributed by atoms with Crippen molar-refractivity contribution in [1.29, 1.82) is 0 Å². The van der Waals surface area contributed by atoms with Gasteiger partial charge in [-0.15, -0.1) is 0 Å². The van der Waals surface area contributed by atoms with Gasteiger partial charge in [0.25, 0.3) is 12.9 Å². The van der Waals surface area contributed by atoms with E-state index in [2.05, 4.69) is 0 Å². The third-order valence-corrected chi connectivity index (χ3v) is 0.190. The van der Waals surface area contributed by atoms with Crippen molar-refractivity contribution in [2.45, 2.75) is 12.9 Å². The Morgan fingerprint density at radius 1 is 0.625 bits per heavy atom. The molecule has 0 N–H and O–H groups in total. The summed E-state index contributed by atoms with van der Waals surface area (Å²) in [5.41, 5.74) is 0. The van der Waals surface area contributed by atoms with Crippen molar-refractivity contribution in [1.82, 2.24) is 0 Å². The fourth-order valence-electron chi connectivity index (χ4n) is 0. The van der Waals surface area contributed by atoms with Gasteiger partial charge in [-0.1, -0.05) is 0 Å². The van der Waals surface area contributed by atoms with Crippen LogP contribution in [0.5, 0.6) is 0 Å². The van der Waals surface area contributed by atoms with Crippen LogP contribution in [0.15, 0.2) is 0 Å². The van der Waals surface area contributed by atoms with Gasteiger partial charge in [-0.3, -0.25) is 0 Å². The Morgan fingerprint density at radius 3 is 0.750 bits per heavy atom. The molecule has 0 radical (unpaired) electrons. The molecule has 6 heteroatoms. The van der Waals surface area contributed by atoms with E-state index in [1.807, 2.05) is 0 Å². The summed E-state index contributed by atoms with van der Waals surface area (Å²) in [5.74, 6) is 0. The molecular formula is C2H4F4K2. The zero-order chi connectivity index (χ0) is 5.15. The van der Waals surface area contributed by atoms with Crippen LogP contribution in [0.3, 0.4) is 0 Å². The van der Waals surface area contributed by atoms with Crippen LogP contribution < -0.4 is 0 Å². The first-order valence-electron chi connectivity index (χ1n) is 1.21. The molecule has 0 fully saturated rings. The van der Waals surface area contributed by atoms with Gasteiger partial charge in [0.2, 0.25) is 0 Å². The van der Waals surface area contributed by atoms with Crippen LogP contribution in [0.1, 0.15) is 0 Å². The zero-order valence-electron chi connectivity index (χ0n) is 2.67. The number of halogens is 4. The van der Waals surface area contributed by atoms with Crippen molar-refractivity contribution >= 4 is 103 Å². The predicted octanol–water partition coefficient (Wildman–Crippen LogP) is 0.220. The van der Waals surface area contributed by atoms with Gasteiger partial charge in [0.15, 0.2) is 0 Å². The van der Waals surface area contributed by atoms with Gasteiger partial charge < -0.3 is 0 Å². The first-order valence-corrected chi connectivity index (χ1v) is 1.21. The first kappa shape index (κ1) is 17.2. The van der Waals surface area contributed by atoms with E-state index < -0.39 is 12.9 Å². The second kappa shape index (κ2) is 9.99. The van der Waals surface area contributed by atoms with Gasteiger partial charge in [0, 0.05) is 0 Å². The minimum absolute atomic E-state index is 0. The molecule has 0 spiro atoms. The topological polar surface area (TPSA) is 0 Å².